The maximum Gasteiger partial charge on any atom is 0.0952 e. The molecule has 0 aromatic carbocycles. The molecule has 0 aliphatic heterocycles. The highest BCUT2D eigenvalue weighted by molar-refractivity contribution is 5.22. The second kappa shape index (κ2) is 1.30. The largest absolute Gasteiger partial charge is 0.271 e. The highest BCUT2D eigenvalue weighted by Crippen LogP contribution is 2.66. The van der Waals surface area contributed by atoms with E-state index in [1.54, 1.807) is 0 Å². The number of nitrogens with two attached hydrogens (primary N) is 1. The summed E-state index contributed by atoms with van der Waals surface area (Å²) in [5, 5.41) is 0. The summed E-state index contributed by atoms with van der Waals surface area (Å²) in [6.45, 7) is -0.156. The SMILES string of the molecule is NNC12CC(CF)(C1)C2. The second-order valence-electron chi connectivity index (χ2n) is 3.59. The molecule has 0 amide bonds. The van der Waals surface area contributed by atoms with E-state index in [0.29, 0.717) is 0 Å². The van der Waals surface area contributed by atoms with Gasteiger partial charge in [0, 0.05) is 11.0 Å². The standard InChI is InChI=1S/C6H11FN2/c7-4-5-1-6(2-5,3-5)9-8/h9H,1-4,8H2. The van der Waals surface area contributed by atoms with E-state index in [-0.39, 0.29) is 17.6 Å². The van der Waals surface area contributed by atoms with Crippen LogP contribution in [0.15, 0.2) is 0 Å². The Kier molecular flexibility index (Phi) is 0.810. The molecule has 3 heteroatoms. The molecule has 3 N–H and O–H groups in total. The minimum atomic E-state index is -0.156. The maximum atomic E-state index is 12.1. The fourth-order valence-corrected chi connectivity index (χ4v) is 2.29. The van der Waals surface area contributed by atoms with E-state index >= 15 is 0 Å². The molecule has 0 atom stereocenters. The molecule has 0 spiro atoms. The van der Waals surface area contributed by atoms with Gasteiger partial charge in [0.1, 0.15) is 0 Å². The summed E-state index contributed by atoms with van der Waals surface area (Å²) in [5.41, 5.74) is 2.96. The van der Waals surface area contributed by atoms with E-state index in [2.05, 4.69) is 5.43 Å². The number of hydrogen-bond acceptors (Lipinski definition) is 2. The summed E-state index contributed by atoms with van der Waals surface area (Å²) in [6.07, 6.45) is 2.85. The number of halogens is 1. The van der Waals surface area contributed by atoms with Crippen molar-refractivity contribution in [1.29, 1.82) is 0 Å². The van der Waals surface area contributed by atoms with Gasteiger partial charge in [-0.25, -0.2) is 0 Å². The molecular weight excluding hydrogens is 119 g/mol. The molecule has 3 saturated carbocycles. The third kappa shape index (κ3) is 0.472. The summed E-state index contributed by atoms with van der Waals surface area (Å²) < 4.78 is 12.1. The van der Waals surface area contributed by atoms with Gasteiger partial charge in [-0.3, -0.25) is 15.7 Å². The van der Waals surface area contributed by atoms with Crippen molar-refractivity contribution in [3.05, 3.63) is 0 Å². The molecule has 52 valence electrons. The van der Waals surface area contributed by atoms with Crippen LogP contribution < -0.4 is 11.3 Å². The second-order valence-corrected chi connectivity index (χ2v) is 3.59. The van der Waals surface area contributed by atoms with Gasteiger partial charge in [-0.2, -0.15) is 0 Å². The Balaban J connectivity index is 1.96. The first kappa shape index (κ1) is 5.62. The molecule has 0 saturated heterocycles. The van der Waals surface area contributed by atoms with Crippen LogP contribution >= 0.6 is 0 Å². The fourth-order valence-electron chi connectivity index (χ4n) is 2.29. The van der Waals surface area contributed by atoms with Crippen molar-refractivity contribution in [1.82, 2.24) is 5.43 Å². The van der Waals surface area contributed by atoms with Gasteiger partial charge in [-0.05, 0) is 19.3 Å². The van der Waals surface area contributed by atoms with Crippen LogP contribution in [-0.2, 0) is 0 Å². The molecule has 2 nitrogen and oxygen atoms in total. The lowest BCUT2D eigenvalue weighted by Gasteiger charge is -2.69. The molecule has 0 aromatic heterocycles. The number of nitrogens with one attached hydrogen (secondary N) is 1. The summed E-state index contributed by atoms with van der Waals surface area (Å²) >= 11 is 0. The highest BCUT2D eigenvalue weighted by atomic mass is 19.1. The molecule has 0 aromatic rings. The zero-order valence-electron chi connectivity index (χ0n) is 5.28. The Morgan fingerprint density at radius 1 is 1.44 bits per heavy atom. The first-order valence-electron chi connectivity index (χ1n) is 3.28. The van der Waals surface area contributed by atoms with Gasteiger partial charge < -0.3 is 0 Å². The monoisotopic (exact) mass is 130 g/mol. The van der Waals surface area contributed by atoms with Crippen molar-refractivity contribution >= 4 is 0 Å². The van der Waals surface area contributed by atoms with E-state index < -0.39 is 0 Å². The topological polar surface area (TPSA) is 38.0 Å². The van der Waals surface area contributed by atoms with Gasteiger partial charge in [0.05, 0.1) is 6.67 Å². The van der Waals surface area contributed by atoms with Crippen LogP contribution in [0, 0.1) is 5.41 Å². The van der Waals surface area contributed by atoms with Gasteiger partial charge in [-0.15, -0.1) is 0 Å². The molecule has 3 aliphatic rings. The average molecular weight is 130 g/mol. The van der Waals surface area contributed by atoms with Crippen molar-refractivity contribution in [2.45, 2.75) is 24.8 Å². The van der Waals surface area contributed by atoms with E-state index in [9.17, 15) is 4.39 Å². The minimum Gasteiger partial charge on any atom is -0.271 e. The van der Waals surface area contributed by atoms with E-state index in [1.807, 2.05) is 0 Å². The Morgan fingerprint density at radius 2 is 2.00 bits per heavy atom. The smallest absolute Gasteiger partial charge is 0.0952 e. The number of alkyl halides is 1. The Bertz CT molecular complexity index is 112. The average Bonchev–Trinajstić information content (AvgIpc) is 1.62. The van der Waals surface area contributed by atoms with Crippen LogP contribution in [0.5, 0.6) is 0 Å². The summed E-state index contributed by atoms with van der Waals surface area (Å²) in [6, 6.07) is 0. The summed E-state index contributed by atoms with van der Waals surface area (Å²) in [5.74, 6) is 5.25. The first-order chi connectivity index (χ1) is 4.24. The maximum absolute atomic E-state index is 12.1. The van der Waals surface area contributed by atoms with Crippen LogP contribution in [0.4, 0.5) is 4.39 Å². The lowest BCUT2D eigenvalue weighted by Crippen LogP contribution is -2.76. The Hall–Kier alpha value is -0.150. The molecule has 2 bridgehead atoms. The van der Waals surface area contributed by atoms with Crippen molar-refractivity contribution in [3.63, 3.8) is 0 Å². The molecule has 3 fully saturated rings. The first-order valence-corrected chi connectivity index (χ1v) is 3.28. The predicted octanol–water partition coefficient (Wildman–Crippen LogP) is 0.342. The van der Waals surface area contributed by atoms with E-state index in [1.165, 1.54) is 0 Å². The van der Waals surface area contributed by atoms with E-state index in [4.69, 9.17) is 5.84 Å². The van der Waals surface area contributed by atoms with Crippen molar-refractivity contribution in [3.8, 4) is 0 Å². The molecule has 0 unspecified atom stereocenters. The normalized spacial score (nSPS) is 54.0. The Labute approximate surface area is 53.6 Å². The van der Waals surface area contributed by atoms with Gasteiger partial charge >= 0.3 is 0 Å². The fraction of sp³-hybridized carbons (Fsp3) is 1.00. The lowest BCUT2D eigenvalue weighted by atomic mass is 9.40. The highest BCUT2D eigenvalue weighted by Gasteiger charge is 2.67. The molecule has 3 aliphatic carbocycles. The van der Waals surface area contributed by atoms with Gasteiger partial charge in [0.25, 0.3) is 0 Å². The molecular formula is C6H11FN2. The molecule has 0 heterocycles. The van der Waals surface area contributed by atoms with Crippen LogP contribution in [0.3, 0.4) is 0 Å². The van der Waals surface area contributed by atoms with Gasteiger partial charge in [0.2, 0.25) is 0 Å². The van der Waals surface area contributed by atoms with Crippen LogP contribution in [-0.4, -0.2) is 12.2 Å². The minimum absolute atomic E-state index is 0.0619. The zero-order valence-corrected chi connectivity index (χ0v) is 5.28. The molecule has 9 heavy (non-hydrogen) atoms. The predicted molar refractivity (Wildman–Crippen MR) is 32.3 cm³/mol. The summed E-state index contributed by atoms with van der Waals surface area (Å²) in [4.78, 5) is 0. The van der Waals surface area contributed by atoms with Crippen molar-refractivity contribution < 1.29 is 4.39 Å². The third-order valence-electron chi connectivity index (χ3n) is 2.73. The van der Waals surface area contributed by atoms with Gasteiger partial charge in [-0.1, -0.05) is 0 Å². The van der Waals surface area contributed by atoms with Crippen LogP contribution in [0.1, 0.15) is 19.3 Å². The molecule has 0 radical (unpaired) electrons. The van der Waals surface area contributed by atoms with Gasteiger partial charge in [0.15, 0.2) is 0 Å². The number of rotatable bonds is 2. The van der Waals surface area contributed by atoms with Crippen molar-refractivity contribution in [2.75, 3.05) is 6.67 Å². The number of hydrogen-bond donors (Lipinski definition) is 2. The third-order valence-corrected chi connectivity index (χ3v) is 2.73. The number of hydrazine groups is 1. The molecule has 3 rings (SSSR count). The quantitative estimate of drug-likeness (QED) is 0.418. The summed E-state index contributed by atoms with van der Waals surface area (Å²) in [7, 11) is 0. The van der Waals surface area contributed by atoms with E-state index in [0.717, 1.165) is 19.3 Å². The Morgan fingerprint density at radius 3 is 2.33 bits per heavy atom. The van der Waals surface area contributed by atoms with Crippen LogP contribution in [0.25, 0.3) is 0 Å². The zero-order chi connectivity index (χ0) is 6.54. The van der Waals surface area contributed by atoms with Crippen molar-refractivity contribution in [2.24, 2.45) is 11.3 Å². The lowest BCUT2D eigenvalue weighted by molar-refractivity contribution is -0.165. The van der Waals surface area contributed by atoms with Crippen LogP contribution in [0.2, 0.25) is 0 Å².